The molecule has 0 saturated carbocycles. The van der Waals surface area contributed by atoms with Gasteiger partial charge in [-0.2, -0.15) is 4.98 Å². The first kappa shape index (κ1) is 16.8. The second kappa shape index (κ2) is 7.21. The van der Waals surface area contributed by atoms with E-state index in [2.05, 4.69) is 33.6 Å². The van der Waals surface area contributed by atoms with E-state index in [1.54, 1.807) is 7.11 Å². The smallest absolute Gasteiger partial charge is 0.229 e. The molecule has 5 heteroatoms. The van der Waals surface area contributed by atoms with Gasteiger partial charge in [0.25, 0.3) is 0 Å². The lowest BCUT2D eigenvalue weighted by molar-refractivity contribution is 0.416. The van der Waals surface area contributed by atoms with E-state index in [0.717, 1.165) is 33.9 Å². The molecule has 0 aliphatic rings. The zero-order chi connectivity index (χ0) is 17.8. The summed E-state index contributed by atoms with van der Waals surface area (Å²) in [7, 11) is 1.66. The largest absolute Gasteiger partial charge is 0.495 e. The predicted octanol–water partition coefficient (Wildman–Crippen LogP) is 4.90. The topological polar surface area (TPSA) is 59.1 Å². The molecule has 1 aromatic heterocycles. The van der Waals surface area contributed by atoms with Gasteiger partial charge < -0.3 is 15.4 Å². The van der Waals surface area contributed by atoms with Crippen molar-refractivity contribution in [3.8, 4) is 5.75 Å². The van der Waals surface area contributed by atoms with Crippen LogP contribution in [0.3, 0.4) is 0 Å². The molecule has 1 heterocycles. The molecule has 0 fully saturated rings. The zero-order valence-electron chi connectivity index (χ0n) is 14.9. The summed E-state index contributed by atoms with van der Waals surface area (Å²) in [5, 5.41) is 6.62. The summed E-state index contributed by atoms with van der Waals surface area (Å²) < 4.78 is 5.42. The Morgan fingerprint density at radius 2 is 1.64 bits per heavy atom. The predicted molar refractivity (Wildman–Crippen MR) is 102 cm³/mol. The maximum atomic E-state index is 5.42. The highest BCUT2D eigenvalue weighted by Gasteiger charge is 2.08. The zero-order valence-corrected chi connectivity index (χ0v) is 14.9. The molecule has 128 valence electrons. The molecule has 5 nitrogen and oxygen atoms in total. The molecule has 2 N–H and O–H groups in total. The van der Waals surface area contributed by atoms with Crippen LogP contribution in [-0.4, -0.2) is 17.1 Å². The van der Waals surface area contributed by atoms with Crippen LogP contribution in [0.15, 0.2) is 48.5 Å². The van der Waals surface area contributed by atoms with E-state index in [1.165, 1.54) is 0 Å². The quantitative estimate of drug-likeness (QED) is 0.695. The minimum absolute atomic E-state index is 0.559. The third-order valence-electron chi connectivity index (χ3n) is 3.86. The standard InChI is InChI=1S/C20H22N4O/c1-13-9-10-18(25-4)17(11-13)22-19-12-15(3)21-20(24-19)23-16-8-6-5-7-14(16)2/h5-12H,1-4H3,(H2,21,22,23,24). The van der Waals surface area contributed by atoms with E-state index in [-0.39, 0.29) is 0 Å². The lowest BCUT2D eigenvalue weighted by Gasteiger charge is -2.13. The third kappa shape index (κ3) is 4.07. The van der Waals surface area contributed by atoms with Gasteiger partial charge in [0.1, 0.15) is 11.6 Å². The van der Waals surface area contributed by atoms with Gasteiger partial charge in [-0.25, -0.2) is 4.98 Å². The number of benzene rings is 2. The number of para-hydroxylation sites is 1. The van der Waals surface area contributed by atoms with Crippen molar-refractivity contribution >= 4 is 23.1 Å². The number of nitrogens with one attached hydrogen (secondary N) is 2. The number of aryl methyl sites for hydroxylation is 3. The van der Waals surface area contributed by atoms with Gasteiger partial charge in [-0.3, -0.25) is 0 Å². The van der Waals surface area contributed by atoms with Crippen molar-refractivity contribution in [2.24, 2.45) is 0 Å². The molecule has 0 spiro atoms. The van der Waals surface area contributed by atoms with E-state index in [0.29, 0.717) is 11.8 Å². The maximum Gasteiger partial charge on any atom is 0.229 e. The van der Waals surface area contributed by atoms with E-state index in [9.17, 15) is 0 Å². The molecule has 25 heavy (non-hydrogen) atoms. The van der Waals surface area contributed by atoms with Crippen LogP contribution in [0.2, 0.25) is 0 Å². The number of hydrogen-bond acceptors (Lipinski definition) is 5. The second-order valence-corrected chi connectivity index (χ2v) is 5.99. The van der Waals surface area contributed by atoms with Crippen molar-refractivity contribution in [2.45, 2.75) is 20.8 Å². The molecule has 0 amide bonds. The Bertz CT molecular complexity index is 893. The van der Waals surface area contributed by atoms with Crippen LogP contribution in [0.5, 0.6) is 5.75 Å². The lowest BCUT2D eigenvalue weighted by atomic mass is 10.2. The summed E-state index contributed by atoms with van der Waals surface area (Å²) in [5.74, 6) is 2.05. The summed E-state index contributed by atoms with van der Waals surface area (Å²) in [5.41, 5.74) is 5.03. The monoisotopic (exact) mass is 334 g/mol. The average molecular weight is 334 g/mol. The van der Waals surface area contributed by atoms with Gasteiger partial charge in [-0.1, -0.05) is 24.3 Å². The Balaban J connectivity index is 1.90. The molecular weight excluding hydrogens is 312 g/mol. The van der Waals surface area contributed by atoms with Crippen LogP contribution in [0, 0.1) is 20.8 Å². The number of ether oxygens (including phenoxy) is 1. The van der Waals surface area contributed by atoms with Gasteiger partial charge in [0.05, 0.1) is 12.8 Å². The maximum absolute atomic E-state index is 5.42. The van der Waals surface area contributed by atoms with E-state index in [1.807, 2.05) is 56.3 Å². The van der Waals surface area contributed by atoms with Crippen molar-refractivity contribution in [1.29, 1.82) is 0 Å². The highest BCUT2D eigenvalue weighted by Crippen LogP contribution is 2.28. The van der Waals surface area contributed by atoms with Crippen LogP contribution >= 0.6 is 0 Å². The number of aromatic nitrogens is 2. The highest BCUT2D eigenvalue weighted by atomic mass is 16.5. The average Bonchev–Trinajstić information content (AvgIpc) is 2.57. The fourth-order valence-corrected chi connectivity index (χ4v) is 2.58. The molecule has 0 bridgehead atoms. The van der Waals surface area contributed by atoms with Crippen molar-refractivity contribution in [2.75, 3.05) is 17.7 Å². The number of rotatable bonds is 5. The van der Waals surface area contributed by atoms with E-state index >= 15 is 0 Å². The number of nitrogens with zero attached hydrogens (tertiary/aromatic N) is 2. The number of methoxy groups -OCH3 is 1. The number of anilines is 4. The molecule has 0 saturated heterocycles. The molecule has 0 aliphatic heterocycles. The Labute approximate surface area is 148 Å². The van der Waals surface area contributed by atoms with Crippen LogP contribution in [0.25, 0.3) is 0 Å². The van der Waals surface area contributed by atoms with E-state index < -0.39 is 0 Å². The summed E-state index contributed by atoms with van der Waals surface area (Å²) >= 11 is 0. The molecule has 2 aromatic carbocycles. The third-order valence-corrected chi connectivity index (χ3v) is 3.86. The summed E-state index contributed by atoms with van der Waals surface area (Å²) in [6.45, 7) is 6.04. The van der Waals surface area contributed by atoms with Crippen LogP contribution in [-0.2, 0) is 0 Å². The fourth-order valence-electron chi connectivity index (χ4n) is 2.58. The molecule has 3 rings (SSSR count). The highest BCUT2D eigenvalue weighted by molar-refractivity contribution is 5.67. The summed E-state index contributed by atoms with van der Waals surface area (Å²) in [4.78, 5) is 9.06. The molecule has 0 radical (unpaired) electrons. The van der Waals surface area contributed by atoms with Gasteiger partial charge in [-0.05, 0) is 50.1 Å². The Kier molecular flexibility index (Phi) is 4.84. The minimum atomic E-state index is 0.559. The van der Waals surface area contributed by atoms with Gasteiger partial charge in [0, 0.05) is 17.4 Å². The van der Waals surface area contributed by atoms with Crippen molar-refractivity contribution < 1.29 is 4.74 Å². The minimum Gasteiger partial charge on any atom is -0.495 e. The molecule has 0 unspecified atom stereocenters. The van der Waals surface area contributed by atoms with Gasteiger partial charge in [-0.15, -0.1) is 0 Å². The van der Waals surface area contributed by atoms with Crippen molar-refractivity contribution in [1.82, 2.24) is 9.97 Å². The van der Waals surface area contributed by atoms with Crippen LogP contribution in [0.1, 0.15) is 16.8 Å². The van der Waals surface area contributed by atoms with Gasteiger partial charge in [0.2, 0.25) is 5.95 Å². The second-order valence-electron chi connectivity index (χ2n) is 5.99. The fraction of sp³-hybridized carbons (Fsp3) is 0.200. The van der Waals surface area contributed by atoms with E-state index in [4.69, 9.17) is 4.74 Å². The van der Waals surface area contributed by atoms with Crippen molar-refractivity contribution in [3.63, 3.8) is 0 Å². The van der Waals surface area contributed by atoms with Crippen LogP contribution < -0.4 is 15.4 Å². The Hall–Kier alpha value is -3.08. The Morgan fingerprint density at radius 1 is 0.840 bits per heavy atom. The lowest BCUT2D eigenvalue weighted by Crippen LogP contribution is -2.04. The SMILES string of the molecule is COc1ccc(C)cc1Nc1cc(C)nc(Nc2ccccc2C)n1. The molecule has 0 atom stereocenters. The first-order chi connectivity index (χ1) is 12.0. The van der Waals surface area contributed by atoms with Crippen molar-refractivity contribution in [3.05, 3.63) is 65.4 Å². The molecule has 3 aromatic rings. The first-order valence-corrected chi connectivity index (χ1v) is 8.15. The first-order valence-electron chi connectivity index (χ1n) is 8.15. The van der Waals surface area contributed by atoms with Gasteiger partial charge in [0.15, 0.2) is 0 Å². The summed E-state index contributed by atoms with van der Waals surface area (Å²) in [6.07, 6.45) is 0. The number of hydrogen-bond donors (Lipinski definition) is 2. The van der Waals surface area contributed by atoms with Crippen LogP contribution in [0.4, 0.5) is 23.1 Å². The summed E-state index contributed by atoms with van der Waals surface area (Å²) in [6, 6.07) is 16.0. The molecular formula is C20H22N4O. The normalized spacial score (nSPS) is 10.4. The Morgan fingerprint density at radius 3 is 2.40 bits per heavy atom. The molecule has 0 aliphatic carbocycles. The van der Waals surface area contributed by atoms with Gasteiger partial charge >= 0.3 is 0 Å².